The number of fused-ring (bicyclic) bond motifs is 1. The van der Waals surface area contributed by atoms with E-state index in [1.165, 1.54) is 17.3 Å². The predicted octanol–water partition coefficient (Wildman–Crippen LogP) is 4.68. The van der Waals surface area contributed by atoms with Crippen LogP contribution in [0.2, 0.25) is 0 Å². The molecule has 0 fully saturated rings. The number of rotatable bonds is 9. The average molecular weight is 476 g/mol. The van der Waals surface area contributed by atoms with Crippen molar-refractivity contribution in [3.63, 3.8) is 0 Å². The molecule has 0 radical (unpaired) electrons. The number of benzene rings is 3. The molecule has 1 N–H and O–H groups in total. The maximum atomic E-state index is 12.3. The van der Waals surface area contributed by atoms with Gasteiger partial charge in [-0.2, -0.15) is 0 Å². The number of aromatic nitrogens is 2. The lowest BCUT2D eigenvalue weighted by atomic mass is 10.1. The van der Waals surface area contributed by atoms with Crippen molar-refractivity contribution < 1.29 is 19.1 Å². The monoisotopic (exact) mass is 475 g/mol. The molecule has 1 amide bonds. The zero-order chi connectivity index (χ0) is 23.9. The molecule has 4 rings (SSSR count). The Hall–Kier alpha value is -3.78. The molecule has 1 heterocycles. The van der Waals surface area contributed by atoms with Crippen LogP contribution in [0.3, 0.4) is 0 Å². The summed E-state index contributed by atoms with van der Waals surface area (Å²) in [6.45, 7) is 2.35. The molecule has 174 valence electrons. The first-order valence-corrected chi connectivity index (χ1v) is 11.7. The minimum Gasteiger partial charge on any atom is -0.497 e. The van der Waals surface area contributed by atoms with Gasteiger partial charge in [-0.05, 0) is 48.9 Å². The molecule has 1 aromatic heterocycles. The maximum absolute atomic E-state index is 12.3. The maximum Gasteiger partial charge on any atom is 0.316 e. The summed E-state index contributed by atoms with van der Waals surface area (Å²) in [5.41, 5.74) is 4.81. The Morgan fingerprint density at radius 3 is 2.59 bits per heavy atom. The van der Waals surface area contributed by atoms with E-state index < -0.39 is 11.9 Å². The molecule has 0 unspecified atom stereocenters. The summed E-state index contributed by atoms with van der Waals surface area (Å²) in [6, 6.07) is 23.1. The summed E-state index contributed by atoms with van der Waals surface area (Å²) in [7, 11) is 1.57. The lowest BCUT2D eigenvalue weighted by Gasteiger charge is -2.10. The van der Waals surface area contributed by atoms with E-state index in [4.69, 9.17) is 14.5 Å². The third kappa shape index (κ3) is 5.96. The van der Waals surface area contributed by atoms with Crippen molar-refractivity contribution in [2.45, 2.75) is 18.6 Å². The standard InChI is InChI=1S/C26H25N3O4S/c1-18-6-5-7-19(14-18)15-29-23-9-4-3-8-22(23)28-26(29)34-17-25(31)33-16-24(30)27-20-10-12-21(32-2)13-11-20/h3-14H,15-17H2,1-2H3,(H,27,30). The Bertz CT molecular complexity index is 1300. The molecule has 7 nitrogen and oxygen atoms in total. The Morgan fingerprint density at radius 1 is 1.03 bits per heavy atom. The van der Waals surface area contributed by atoms with E-state index in [9.17, 15) is 9.59 Å². The fraction of sp³-hybridized carbons (Fsp3) is 0.192. The molecule has 8 heteroatoms. The first-order chi connectivity index (χ1) is 16.5. The van der Waals surface area contributed by atoms with Gasteiger partial charge in [-0.25, -0.2) is 4.98 Å². The second-order valence-corrected chi connectivity index (χ2v) is 8.63. The zero-order valence-electron chi connectivity index (χ0n) is 19.0. The van der Waals surface area contributed by atoms with Gasteiger partial charge in [-0.3, -0.25) is 9.59 Å². The lowest BCUT2D eigenvalue weighted by molar-refractivity contribution is -0.144. The topological polar surface area (TPSA) is 82.4 Å². The Morgan fingerprint density at radius 2 is 1.82 bits per heavy atom. The molecular weight excluding hydrogens is 450 g/mol. The normalized spacial score (nSPS) is 10.8. The highest BCUT2D eigenvalue weighted by atomic mass is 32.2. The molecule has 0 saturated carbocycles. The molecule has 34 heavy (non-hydrogen) atoms. The van der Waals surface area contributed by atoms with Gasteiger partial charge in [0.25, 0.3) is 5.91 Å². The van der Waals surface area contributed by atoms with Crippen molar-refractivity contribution in [1.82, 2.24) is 9.55 Å². The van der Waals surface area contributed by atoms with Gasteiger partial charge in [0.15, 0.2) is 11.8 Å². The number of esters is 1. The van der Waals surface area contributed by atoms with Crippen molar-refractivity contribution >= 4 is 40.4 Å². The van der Waals surface area contributed by atoms with Crippen LogP contribution in [0.5, 0.6) is 5.75 Å². The van der Waals surface area contributed by atoms with Crippen LogP contribution < -0.4 is 10.1 Å². The van der Waals surface area contributed by atoms with Crippen molar-refractivity contribution in [2.75, 3.05) is 24.8 Å². The number of thioether (sulfide) groups is 1. The van der Waals surface area contributed by atoms with Crippen LogP contribution in [0.4, 0.5) is 5.69 Å². The Balaban J connectivity index is 1.36. The van der Waals surface area contributed by atoms with Gasteiger partial charge in [0.1, 0.15) is 5.75 Å². The van der Waals surface area contributed by atoms with Gasteiger partial charge in [-0.1, -0.05) is 53.7 Å². The van der Waals surface area contributed by atoms with Crippen LogP contribution in [0.15, 0.2) is 78.0 Å². The number of nitrogens with one attached hydrogen (secondary N) is 1. The molecule has 0 aliphatic carbocycles. The highest BCUT2D eigenvalue weighted by Crippen LogP contribution is 2.25. The van der Waals surface area contributed by atoms with Crippen LogP contribution in [-0.4, -0.2) is 40.9 Å². The third-order valence-electron chi connectivity index (χ3n) is 5.10. The molecule has 0 aliphatic rings. The van der Waals surface area contributed by atoms with Crippen LogP contribution in [-0.2, 0) is 20.9 Å². The third-order valence-corrected chi connectivity index (χ3v) is 6.05. The van der Waals surface area contributed by atoms with Gasteiger partial charge in [0.2, 0.25) is 0 Å². The number of ether oxygens (including phenoxy) is 2. The van der Waals surface area contributed by atoms with Crippen molar-refractivity contribution in [3.05, 3.63) is 83.9 Å². The van der Waals surface area contributed by atoms with Crippen molar-refractivity contribution in [1.29, 1.82) is 0 Å². The molecule has 0 aliphatic heterocycles. The smallest absolute Gasteiger partial charge is 0.316 e. The fourth-order valence-electron chi connectivity index (χ4n) is 3.49. The SMILES string of the molecule is COc1ccc(NC(=O)COC(=O)CSc2nc3ccccc3n2Cc2cccc(C)c2)cc1. The molecule has 0 bridgehead atoms. The van der Waals surface area contributed by atoms with Crippen LogP contribution in [0.25, 0.3) is 11.0 Å². The van der Waals surface area contributed by atoms with E-state index in [1.54, 1.807) is 31.4 Å². The number of nitrogens with zero attached hydrogens (tertiary/aromatic N) is 2. The van der Waals surface area contributed by atoms with Gasteiger partial charge in [-0.15, -0.1) is 0 Å². The zero-order valence-corrected chi connectivity index (χ0v) is 19.8. The van der Waals surface area contributed by atoms with E-state index >= 15 is 0 Å². The van der Waals surface area contributed by atoms with Gasteiger partial charge < -0.3 is 19.4 Å². The number of aryl methyl sites for hydroxylation is 1. The second kappa shape index (κ2) is 10.9. The first kappa shape index (κ1) is 23.4. The van der Waals surface area contributed by atoms with Crippen LogP contribution in [0, 0.1) is 6.92 Å². The molecule has 0 atom stereocenters. The van der Waals surface area contributed by atoms with E-state index in [2.05, 4.69) is 35.0 Å². The number of carbonyl (C=O) groups is 2. The molecule has 0 saturated heterocycles. The van der Waals surface area contributed by atoms with Crippen LogP contribution >= 0.6 is 11.8 Å². The summed E-state index contributed by atoms with van der Waals surface area (Å²) in [5.74, 6) is -0.151. The highest BCUT2D eigenvalue weighted by Gasteiger charge is 2.15. The summed E-state index contributed by atoms with van der Waals surface area (Å²) in [4.78, 5) is 29.1. The van der Waals surface area contributed by atoms with Crippen molar-refractivity contribution in [2.24, 2.45) is 0 Å². The first-order valence-electron chi connectivity index (χ1n) is 10.7. The quantitative estimate of drug-likeness (QED) is 0.280. The summed E-state index contributed by atoms with van der Waals surface area (Å²) in [5, 5.41) is 3.41. The van der Waals surface area contributed by atoms with E-state index in [1.807, 2.05) is 30.3 Å². The minimum atomic E-state index is -0.482. The van der Waals surface area contributed by atoms with Gasteiger partial charge in [0.05, 0.1) is 30.4 Å². The van der Waals surface area contributed by atoms with E-state index in [-0.39, 0.29) is 12.4 Å². The van der Waals surface area contributed by atoms with E-state index in [0.717, 1.165) is 21.8 Å². The average Bonchev–Trinajstić information content (AvgIpc) is 3.19. The number of carbonyl (C=O) groups excluding carboxylic acids is 2. The number of anilines is 1. The largest absolute Gasteiger partial charge is 0.497 e. The number of amides is 1. The Kier molecular flexibility index (Phi) is 7.49. The molecule has 3 aromatic carbocycles. The minimum absolute atomic E-state index is 0.0486. The number of hydrogen-bond acceptors (Lipinski definition) is 6. The molecule has 0 spiro atoms. The van der Waals surface area contributed by atoms with Gasteiger partial charge in [0, 0.05) is 5.69 Å². The van der Waals surface area contributed by atoms with E-state index in [0.29, 0.717) is 18.0 Å². The highest BCUT2D eigenvalue weighted by molar-refractivity contribution is 7.99. The Labute approximate surface area is 202 Å². The number of methoxy groups -OCH3 is 1. The molecular formula is C26H25N3O4S. The number of imidazole rings is 1. The predicted molar refractivity (Wildman–Crippen MR) is 133 cm³/mol. The summed E-state index contributed by atoms with van der Waals surface area (Å²) >= 11 is 1.30. The fourth-order valence-corrected chi connectivity index (χ4v) is 4.30. The van der Waals surface area contributed by atoms with Crippen molar-refractivity contribution in [3.8, 4) is 5.75 Å². The lowest BCUT2D eigenvalue weighted by Crippen LogP contribution is -2.21. The summed E-state index contributed by atoms with van der Waals surface area (Å²) in [6.07, 6.45) is 0. The number of para-hydroxylation sites is 2. The number of hydrogen-bond donors (Lipinski definition) is 1. The molecule has 4 aromatic rings. The summed E-state index contributed by atoms with van der Waals surface area (Å²) < 4.78 is 12.3. The van der Waals surface area contributed by atoms with Crippen LogP contribution in [0.1, 0.15) is 11.1 Å². The second-order valence-electron chi connectivity index (χ2n) is 7.68. The van der Waals surface area contributed by atoms with Gasteiger partial charge >= 0.3 is 5.97 Å².